The molecule has 0 aliphatic heterocycles. The Bertz CT molecular complexity index is 750. The molecule has 2 aromatic carbocycles. The van der Waals surface area contributed by atoms with E-state index in [0.717, 1.165) is 6.07 Å². The summed E-state index contributed by atoms with van der Waals surface area (Å²) < 4.78 is 53.2. The molecule has 21 heavy (non-hydrogen) atoms. The van der Waals surface area contributed by atoms with Crippen LogP contribution < -0.4 is 4.72 Å². The van der Waals surface area contributed by atoms with Crippen LogP contribution >= 0.6 is 15.9 Å². The van der Waals surface area contributed by atoms with Crippen molar-refractivity contribution in [2.24, 2.45) is 0 Å². The molecule has 0 unspecified atom stereocenters. The van der Waals surface area contributed by atoms with Gasteiger partial charge in [-0.2, -0.15) is 0 Å². The Morgan fingerprint density at radius 1 is 1.05 bits per heavy atom. The Labute approximate surface area is 130 Å². The van der Waals surface area contributed by atoms with Gasteiger partial charge in [-0.05, 0) is 52.2 Å². The summed E-state index contributed by atoms with van der Waals surface area (Å²) in [5.41, 5.74) is 0.419. The normalized spacial score (nSPS) is 11.6. The molecule has 3 nitrogen and oxygen atoms in total. The highest BCUT2D eigenvalue weighted by Gasteiger charge is 2.15. The molecule has 1 N–H and O–H groups in total. The van der Waals surface area contributed by atoms with Gasteiger partial charge in [-0.15, -0.1) is 0 Å². The molecule has 0 bridgehead atoms. The molecule has 0 aromatic heterocycles. The van der Waals surface area contributed by atoms with Crippen LogP contribution in [0.4, 0.5) is 8.78 Å². The summed E-state index contributed by atoms with van der Waals surface area (Å²) in [7, 11) is -3.82. The standard InChI is InChI=1S/C14H12BrF2NO2S/c15-12-6-5-11(9-14(12)17)21(19,20)18-8-7-10-3-1-2-4-13(10)16/h1-6,9,18H,7-8H2. The average Bonchev–Trinajstić information content (AvgIpc) is 2.44. The minimum atomic E-state index is -3.82. The van der Waals surface area contributed by atoms with Crippen LogP contribution in [0.25, 0.3) is 0 Å². The molecule has 0 spiro atoms. The van der Waals surface area contributed by atoms with Crippen molar-refractivity contribution in [1.82, 2.24) is 4.72 Å². The largest absolute Gasteiger partial charge is 0.240 e. The minimum absolute atomic E-state index is 0.0287. The third kappa shape index (κ3) is 4.09. The zero-order valence-electron chi connectivity index (χ0n) is 10.8. The van der Waals surface area contributed by atoms with Gasteiger partial charge in [0.05, 0.1) is 9.37 Å². The molecule has 0 fully saturated rings. The number of hydrogen-bond acceptors (Lipinski definition) is 2. The van der Waals surface area contributed by atoms with Crippen LogP contribution in [0.3, 0.4) is 0 Å². The van der Waals surface area contributed by atoms with Crippen LogP contribution in [0.1, 0.15) is 5.56 Å². The molecule has 2 rings (SSSR count). The predicted octanol–water partition coefficient (Wildman–Crippen LogP) is 3.25. The van der Waals surface area contributed by atoms with Gasteiger partial charge < -0.3 is 0 Å². The molecule has 0 amide bonds. The van der Waals surface area contributed by atoms with Gasteiger partial charge in [0.15, 0.2) is 0 Å². The Hall–Kier alpha value is -1.31. The maximum Gasteiger partial charge on any atom is 0.240 e. The SMILES string of the molecule is O=S(=O)(NCCc1ccccc1F)c1ccc(Br)c(F)c1. The van der Waals surface area contributed by atoms with Gasteiger partial charge in [0, 0.05) is 6.54 Å². The van der Waals surface area contributed by atoms with Gasteiger partial charge in [-0.1, -0.05) is 18.2 Å². The van der Waals surface area contributed by atoms with E-state index in [2.05, 4.69) is 20.7 Å². The lowest BCUT2D eigenvalue weighted by Gasteiger charge is -2.08. The molecule has 0 saturated carbocycles. The molecule has 0 heterocycles. The topological polar surface area (TPSA) is 46.2 Å². The minimum Gasteiger partial charge on any atom is -0.211 e. The second kappa shape index (κ2) is 6.64. The predicted molar refractivity (Wildman–Crippen MR) is 79.4 cm³/mol. The van der Waals surface area contributed by atoms with Crippen molar-refractivity contribution in [1.29, 1.82) is 0 Å². The van der Waals surface area contributed by atoms with E-state index in [4.69, 9.17) is 0 Å². The van der Waals surface area contributed by atoms with E-state index in [9.17, 15) is 17.2 Å². The second-order valence-corrected chi connectivity index (χ2v) is 6.94. The Morgan fingerprint density at radius 2 is 1.76 bits per heavy atom. The van der Waals surface area contributed by atoms with Gasteiger partial charge in [0.1, 0.15) is 11.6 Å². The highest BCUT2D eigenvalue weighted by atomic mass is 79.9. The van der Waals surface area contributed by atoms with Crippen molar-refractivity contribution < 1.29 is 17.2 Å². The number of sulfonamides is 1. The zero-order valence-corrected chi connectivity index (χ0v) is 13.2. The lowest BCUT2D eigenvalue weighted by molar-refractivity contribution is 0.573. The first kappa shape index (κ1) is 16.1. The van der Waals surface area contributed by atoms with Crippen LogP contribution in [-0.2, 0) is 16.4 Å². The summed E-state index contributed by atoms with van der Waals surface area (Å²) in [6.45, 7) is 0.0287. The quantitative estimate of drug-likeness (QED) is 0.871. The fraction of sp³-hybridized carbons (Fsp3) is 0.143. The van der Waals surface area contributed by atoms with Crippen LogP contribution in [0.2, 0.25) is 0 Å². The van der Waals surface area contributed by atoms with Crippen molar-refractivity contribution in [2.75, 3.05) is 6.54 Å². The number of hydrogen-bond donors (Lipinski definition) is 1. The molecule has 7 heteroatoms. The Kier molecular flexibility index (Phi) is 5.08. The highest BCUT2D eigenvalue weighted by Crippen LogP contribution is 2.19. The van der Waals surface area contributed by atoms with E-state index >= 15 is 0 Å². The van der Waals surface area contributed by atoms with E-state index < -0.39 is 15.8 Å². The van der Waals surface area contributed by atoms with Crippen molar-refractivity contribution in [2.45, 2.75) is 11.3 Å². The maximum absolute atomic E-state index is 13.4. The lowest BCUT2D eigenvalue weighted by atomic mass is 10.1. The Balaban J connectivity index is 2.05. The third-order valence-corrected chi connectivity index (χ3v) is 4.95. The van der Waals surface area contributed by atoms with Crippen molar-refractivity contribution in [3.8, 4) is 0 Å². The molecule has 2 aromatic rings. The maximum atomic E-state index is 13.4. The highest BCUT2D eigenvalue weighted by molar-refractivity contribution is 9.10. The summed E-state index contributed by atoms with van der Waals surface area (Å²) in [5.74, 6) is -1.04. The zero-order chi connectivity index (χ0) is 15.5. The van der Waals surface area contributed by atoms with Crippen molar-refractivity contribution in [3.63, 3.8) is 0 Å². The number of benzene rings is 2. The number of nitrogens with one attached hydrogen (secondary N) is 1. The monoisotopic (exact) mass is 375 g/mol. The van der Waals surface area contributed by atoms with E-state index in [1.165, 1.54) is 18.2 Å². The van der Waals surface area contributed by atoms with E-state index in [1.54, 1.807) is 18.2 Å². The Morgan fingerprint density at radius 3 is 2.43 bits per heavy atom. The smallest absolute Gasteiger partial charge is 0.211 e. The fourth-order valence-electron chi connectivity index (χ4n) is 1.75. The summed E-state index contributed by atoms with van der Waals surface area (Å²) in [4.78, 5) is -0.170. The molecular weight excluding hydrogens is 364 g/mol. The molecule has 0 saturated heterocycles. The first-order valence-electron chi connectivity index (χ1n) is 6.08. The average molecular weight is 376 g/mol. The third-order valence-electron chi connectivity index (χ3n) is 2.85. The molecule has 112 valence electrons. The fourth-order valence-corrected chi connectivity index (χ4v) is 3.04. The summed E-state index contributed by atoms with van der Waals surface area (Å²) in [6, 6.07) is 9.68. The van der Waals surface area contributed by atoms with Crippen LogP contribution in [-0.4, -0.2) is 15.0 Å². The molecule has 0 aliphatic carbocycles. The van der Waals surface area contributed by atoms with Crippen molar-refractivity contribution in [3.05, 3.63) is 64.1 Å². The van der Waals surface area contributed by atoms with Crippen LogP contribution in [0.5, 0.6) is 0 Å². The molecule has 0 aliphatic rings. The number of halogens is 3. The van der Waals surface area contributed by atoms with E-state index in [1.807, 2.05) is 0 Å². The van der Waals surface area contributed by atoms with Crippen molar-refractivity contribution >= 4 is 26.0 Å². The van der Waals surface area contributed by atoms with E-state index in [0.29, 0.717) is 5.56 Å². The second-order valence-electron chi connectivity index (χ2n) is 4.32. The summed E-state index contributed by atoms with van der Waals surface area (Å²) in [6.07, 6.45) is 0.213. The van der Waals surface area contributed by atoms with E-state index in [-0.39, 0.29) is 28.2 Å². The summed E-state index contributed by atoms with van der Waals surface area (Å²) >= 11 is 2.96. The van der Waals surface area contributed by atoms with Gasteiger partial charge in [-0.25, -0.2) is 21.9 Å². The first-order valence-corrected chi connectivity index (χ1v) is 8.36. The van der Waals surface area contributed by atoms with Gasteiger partial charge in [0.25, 0.3) is 0 Å². The molecular formula is C14H12BrF2NO2S. The van der Waals surface area contributed by atoms with Gasteiger partial charge >= 0.3 is 0 Å². The first-order chi connectivity index (χ1) is 9.90. The number of rotatable bonds is 5. The molecule has 0 radical (unpaired) electrons. The van der Waals surface area contributed by atoms with Crippen LogP contribution in [0.15, 0.2) is 51.8 Å². The lowest BCUT2D eigenvalue weighted by Crippen LogP contribution is -2.26. The van der Waals surface area contributed by atoms with Gasteiger partial charge in [0.2, 0.25) is 10.0 Å². The summed E-state index contributed by atoms with van der Waals surface area (Å²) in [5, 5.41) is 0. The van der Waals surface area contributed by atoms with Gasteiger partial charge in [-0.3, -0.25) is 0 Å². The molecule has 0 atom stereocenters. The van der Waals surface area contributed by atoms with Crippen LogP contribution in [0, 0.1) is 11.6 Å².